The van der Waals surface area contributed by atoms with Crippen LogP contribution >= 0.6 is 0 Å². The van der Waals surface area contributed by atoms with Crippen molar-refractivity contribution < 1.29 is 89.4 Å². The van der Waals surface area contributed by atoms with Crippen LogP contribution in [0.15, 0.2) is 134 Å². The fourth-order valence-corrected chi connectivity index (χ4v) is 12.7. The van der Waals surface area contributed by atoms with Crippen LogP contribution in [0.25, 0.3) is 0 Å². The fraction of sp³-hybridized carbons (Fsp3) is 0.729. The maximum absolute atomic E-state index is 13.5. The second kappa shape index (κ2) is 63.8. The molecular weight excluding hydrogens is 1320 g/mol. The quantitative estimate of drug-likeness (QED) is 0.0199. The number of amides is 1. The molecule has 0 aliphatic carbocycles. The Morgan fingerprint density at radius 3 is 1.08 bits per heavy atom. The molecule has 0 radical (unpaired) electrons. The number of allylic oxidation sites excluding steroid dienone is 21. The zero-order valence-electron chi connectivity index (χ0n) is 63.7. The van der Waals surface area contributed by atoms with E-state index in [-0.39, 0.29) is 18.9 Å². The molecule has 3 saturated heterocycles. The van der Waals surface area contributed by atoms with Gasteiger partial charge in [-0.25, -0.2) is 0 Å². The monoisotopic (exact) mass is 1470 g/mol. The van der Waals surface area contributed by atoms with E-state index in [0.717, 1.165) is 122 Å². The van der Waals surface area contributed by atoms with Crippen molar-refractivity contribution in [3.8, 4) is 0 Å². The Morgan fingerprint density at radius 1 is 0.356 bits per heavy atom. The van der Waals surface area contributed by atoms with Gasteiger partial charge in [0.25, 0.3) is 0 Å². The molecule has 3 aliphatic heterocycles. The normalized spacial score (nSPS) is 26.6. The lowest BCUT2D eigenvalue weighted by atomic mass is 9.96. The number of ether oxygens (including phenoxy) is 6. The van der Waals surface area contributed by atoms with Gasteiger partial charge >= 0.3 is 0 Å². The summed E-state index contributed by atoms with van der Waals surface area (Å²) in [6, 6.07) is -1.01. The first-order chi connectivity index (χ1) is 50.8. The fourth-order valence-electron chi connectivity index (χ4n) is 12.7. The van der Waals surface area contributed by atoms with Gasteiger partial charge in [-0.15, -0.1) is 0 Å². The summed E-state index contributed by atoms with van der Waals surface area (Å²) >= 11 is 0. The molecule has 0 aromatic heterocycles. The van der Waals surface area contributed by atoms with Gasteiger partial charge in [0, 0.05) is 6.42 Å². The molecule has 0 aromatic carbocycles. The van der Waals surface area contributed by atoms with Gasteiger partial charge in [-0.3, -0.25) is 4.79 Å². The van der Waals surface area contributed by atoms with Crippen LogP contribution in [0.1, 0.15) is 264 Å². The van der Waals surface area contributed by atoms with E-state index >= 15 is 0 Å². The van der Waals surface area contributed by atoms with Gasteiger partial charge < -0.3 is 89.9 Å². The second-order valence-corrected chi connectivity index (χ2v) is 28.1. The van der Waals surface area contributed by atoms with E-state index in [9.17, 15) is 61.0 Å². The van der Waals surface area contributed by atoms with Crippen molar-refractivity contribution in [2.75, 3.05) is 26.4 Å². The van der Waals surface area contributed by atoms with Crippen LogP contribution in [0.3, 0.4) is 0 Å². The van der Waals surface area contributed by atoms with Crippen molar-refractivity contribution in [1.29, 1.82) is 0 Å². The minimum Gasteiger partial charge on any atom is -0.394 e. The Morgan fingerprint density at radius 2 is 0.673 bits per heavy atom. The first kappa shape index (κ1) is 94.1. The van der Waals surface area contributed by atoms with Crippen LogP contribution in [-0.2, 0) is 33.2 Å². The largest absolute Gasteiger partial charge is 0.394 e. The number of nitrogens with one attached hydrogen (secondary N) is 1. The zero-order valence-corrected chi connectivity index (χ0v) is 63.7. The minimum atomic E-state index is -1.99. The Hall–Kier alpha value is -4.07. The molecule has 12 N–H and O–H groups in total. The Kier molecular flexibility index (Phi) is 57.8. The number of rotatable bonds is 62. The molecule has 19 heteroatoms. The van der Waals surface area contributed by atoms with Gasteiger partial charge in [0.1, 0.15) is 73.2 Å². The molecule has 0 saturated carbocycles. The van der Waals surface area contributed by atoms with Crippen LogP contribution < -0.4 is 5.32 Å². The first-order valence-corrected chi connectivity index (χ1v) is 40.4. The molecular formula is C85H143NO18. The predicted octanol–water partition coefficient (Wildman–Crippen LogP) is 13.7. The summed E-state index contributed by atoms with van der Waals surface area (Å²) in [5.41, 5.74) is 0. The number of carbonyl (C=O) groups is 1. The summed E-state index contributed by atoms with van der Waals surface area (Å²) in [4.78, 5) is 13.5. The molecule has 3 rings (SSSR count). The van der Waals surface area contributed by atoms with Gasteiger partial charge in [0.2, 0.25) is 5.91 Å². The van der Waals surface area contributed by atoms with Crippen LogP contribution in [0, 0.1) is 0 Å². The number of unbranched alkanes of at least 4 members (excludes halogenated alkanes) is 26. The molecule has 104 heavy (non-hydrogen) atoms. The number of aliphatic hydroxyl groups is 11. The van der Waals surface area contributed by atoms with Crippen LogP contribution in [0.5, 0.6) is 0 Å². The molecule has 0 spiro atoms. The molecule has 3 fully saturated rings. The second-order valence-electron chi connectivity index (χ2n) is 28.1. The molecule has 17 atom stereocenters. The highest BCUT2D eigenvalue weighted by molar-refractivity contribution is 5.76. The van der Waals surface area contributed by atoms with E-state index in [1.807, 2.05) is 6.08 Å². The predicted molar refractivity (Wildman–Crippen MR) is 415 cm³/mol. The molecule has 596 valence electrons. The van der Waals surface area contributed by atoms with E-state index in [1.54, 1.807) is 6.08 Å². The highest BCUT2D eigenvalue weighted by Gasteiger charge is 2.54. The molecule has 3 heterocycles. The van der Waals surface area contributed by atoms with Crippen molar-refractivity contribution in [1.82, 2.24) is 5.32 Å². The number of hydrogen-bond acceptors (Lipinski definition) is 18. The molecule has 3 aliphatic rings. The summed E-state index contributed by atoms with van der Waals surface area (Å²) in [7, 11) is 0. The highest BCUT2D eigenvalue weighted by Crippen LogP contribution is 2.33. The standard InChI is InChI=1S/C85H143NO18/c1-3-5-7-9-11-13-15-17-19-21-23-25-27-29-30-31-32-33-34-35-36-37-38-39-41-43-45-47-49-51-53-55-57-59-61-63-73(91)86-68(69(90)62-60-58-56-54-52-50-48-46-44-42-40-28-26-24-22-20-18-16-14-12-10-8-6-4-2)67-99-83-79(97)76(94)81(71(65-88)101-83)104-85-80(98)77(95)82(72(66-89)102-85)103-84-78(96)75(93)74(92)70(64-87)100-84/h5,7,11,13,17,19,23,25,29-30,32-33,35-36,38-39,43,45,52,54,60,62,68-72,74-85,87-90,92-98H,3-4,6,8-10,12,14-16,18,20-22,24,26-28,31,34,37,40-42,44,46-51,53,55-59,61,63-67H2,1-2H3,(H,86,91)/b7-5-,13-11-,19-17-,25-23-,30-29-,33-32-,36-35-,39-38-,45-43-,54-52+,62-60+. The summed E-state index contributed by atoms with van der Waals surface area (Å²) in [6.07, 6.45) is 64.3. The van der Waals surface area contributed by atoms with Crippen LogP contribution in [0.4, 0.5) is 0 Å². The summed E-state index contributed by atoms with van der Waals surface area (Å²) in [5.74, 6) is -0.300. The highest BCUT2D eigenvalue weighted by atomic mass is 16.8. The Balaban J connectivity index is 1.39. The summed E-state index contributed by atoms with van der Waals surface area (Å²) < 4.78 is 34.4. The van der Waals surface area contributed by atoms with Crippen molar-refractivity contribution in [3.05, 3.63) is 134 Å². The number of aliphatic hydroxyl groups excluding tert-OH is 11. The third-order valence-corrected chi connectivity index (χ3v) is 19.2. The van der Waals surface area contributed by atoms with E-state index in [0.29, 0.717) is 12.8 Å². The lowest BCUT2D eigenvalue weighted by Crippen LogP contribution is -2.66. The number of carbonyl (C=O) groups excluding carboxylic acids is 1. The Labute approximate surface area is 626 Å². The third-order valence-electron chi connectivity index (χ3n) is 19.2. The Bertz CT molecular complexity index is 2400. The minimum absolute atomic E-state index is 0.214. The average Bonchev–Trinajstić information content (AvgIpc) is 0.783. The van der Waals surface area contributed by atoms with Crippen molar-refractivity contribution in [2.45, 2.75) is 369 Å². The van der Waals surface area contributed by atoms with Gasteiger partial charge in [0.05, 0.1) is 38.6 Å². The molecule has 1 amide bonds. The maximum atomic E-state index is 13.5. The lowest BCUT2D eigenvalue weighted by Gasteiger charge is -2.48. The van der Waals surface area contributed by atoms with Crippen molar-refractivity contribution >= 4 is 5.91 Å². The van der Waals surface area contributed by atoms with Gasteiger partial charge in [-0.2, -0.15) is 0 Å². The van der Waals surface area contributed by atoms with Crippen molar-refractivity contribution in [2.24, 2.45) is 0 Å². The van der Waals surface area contributed by atoms with Gasteiger partial charge in [-0.1, -0.05) is 289 Å². The smallest absolute Gasteiger partial charge is 0.220 e. The van der Waals surface area contributed by atoms with E-state index in [1.165, 1.54) is 109 Å². The maximum Gasteiger partial charge on any atom is 0.220 e. The van der Waals surface area contributed by atoms with E-state index in [2.05, 4.69) is 141 Å². The third kappa shape index (κ3) is 43.2. The topological polar surface area (TPSA) is 307 Å². The SMILES string of the molecule is CC/C=C\C/C=C\C/C=C\C/C=C\C/C=C\C/C=C\C/C=C\C/C=C\C/C=C\CCCCCCCCCC(=O)NC(COC1OC(CO)C(OC2OC(CO)C(OC3OC(CO)C(O)C(O)C3O)C(O)C2O)C(O)C1O)C(O)/C=C/CC/C=C/CCCCCCCCCCCCCCCCCCCC. The van der Waals surface area contributed by atoms with Crippen LogP contribution in [-0.4, -0.2) is 193 Å². The average molecular weight is 1470 g/mol. The first-order valence-electron chi connectivity index (χ1n) is 40.4. The molecule has 17 unspecified atom stereocenters. The number of hydrogen-bond donors (Lipinski definition) is 12. The zero-order chi connectivity index (χ0) is 75.3. The van der Waals surface area contributed by atoms with Crippen molar-refractivity contribution in [3.63, 3.8) is 0 Å². The summed E-state index contributed by atoms with van der Waals surface area (Å²) in [5, 5.41) is 121. The van der Waals surface area contributed by atoms with E-state index < -0.39 is 124 Å². The molecule has 0 aromatic rings. The van der Waals surface area contributed by atoms with Gasteiger partial charge in [-0.05, 0) is 103 Å². The molecule has 0 bridgehead atoms. The summed E-state index contributed by atoms with van der Waals surface area (Å²) in [6.45, 7) is 1.60. The van der Waals surface area contributed by atoms with Gasteiger partial charge in [0.15, 0.2) is 18.9 Å². The lowest BCUT2D eigenvalue weighted by molar-refractivity contribution is -0.379. The van der Waals surface area contributed by atoms with Crippen LogP contribution in [0.2, 0.25) is 0 Å². The molecule has 19 nitrogen and oxygen atoms in total. The van der Waals surface area contributed by atoms with E-state index in [4.69, 9.17) is 28.4 Å².